The second-order valence-corrected chi connectivity index (χ2v) is 5.24. The Morgan fingerprint density at radius 2 is 2.31 bits per heavy atom. The maximum atomic E-state index is 10.6. The van der Waals surface area contributed by atoms with Crippen molar-refractivity contribution in [3.8, 4) is 0 Å². The Morgan fingerprint density at radius 3 is 2.75 bits per heavy atom. The van der Waals surface area contributed by atoms with Crippen LogP contribution in [0.5, 0.6) is 0 Å². The molecule has 0 amide bonds. The van der Waals surface area contributed by atoms with Gasteiger partial charge in [-0.1, -0.05) is 11.8 Å². The predicted molar refractivity (Wildman–Crippen MR) is 58.2 cm³/mol. The topological polar surface area (TPSA) is 116 Å². The first kappa shape index (κ1) is 13.4. The van der Waals surface area contributed by atoms with Crippen molar-refractivity contribution < 1.29 is 28.8 Å². The van der Waals surface area contributed by atoms with Gasteiger partial charge in [-0.05, 0) is 13.0 Å². The van der Waals surface area contributed by atoms with Crippen LogP contribution in [0.15, 0.2) is 16.0 Å². The van der Waals surface area contributed by atoms with E-state index in [2.05, 4.69) is 9.52 Å². The van der Waals surface area contributed by atoms with E-state index in [1.807, 2.05) is 0 Å². The molecule has 0 aromatic heterocycles. The van der Waals surface area contributed by atoms with E-state index in [-0.39, 0.29) is 6.61 Å². The summed E-state index contributed by atoms with van der Waals surface area (Å²) >= 11 is 1.00. The van der Waals surface area contributed by atoms with E-state index in [0.717, 1.165) is 11.8 Å². The molecule has 0 aromatic carbocycles. The highest BCUT2D eigenvalue weighted by atomic mass is 32.2. The third kappa shape index (κ3) is 4.07. The molecule has 1 aliphatic heterocycles. The van der Waals surface area contributed by atoms with E-state index >= 15 is 0 Å². The number of rotatable bonds is 4. The summed E-state index contributed by atoms with van der Waals surface area (Å²) < 4.78 is 14.6. The second kappa shape index (κ2) is 5.11. The Balaban J connectivity index is 2.58. The average Bonchev–Trinajstić information content (AvgIpc) is 2.46. The number of carboxylic acid groups (broad SMARTS) is 1. The standard InChI is InChI=1S/C7H10NO6PS/c1-4-5(2-3-14-15(11,12)13)16-6(8-4)7(9)10/h2,6H,3H2,1H3,(H,9,10)(H2,11,12,13)/b5-2-/t6-/m1/s1. The first-order valence-electron chi connectivity index (χ1n) is 4.14. The predicted octanol–water partition coefficient (Wildman–Crippen LogP) is 0.598. The number of thioether (sulfide) groups is 1. The number of phosphoric acid groups is 1. The number of carbonyl (C=O) groups is 1. The number of hydrogen-bond donors (Lipinski definition) is 3. The van der Waals surface area contributed by atoms with Gasteiger partial charge in [0.25, 0.3) is 0 Å². The number of phosphoric ester groups is 1. The number of aliphatic imine (C=N–C) groups is 1. The quantitative estimate of drug-likeness (QED) is 0.638. The first-order valence-corrected chi connectivity index (χ1v) is 6.55. The van der Waals surface area contributed by atoms with E-state index in [1.54, 1.807) is 6.92 Å². The van der Waals surface area contributed by atoms with Crippen LogP contribution in [0.25, 0.3) is 0 Å². The minimum atomic E-state index is -4.49. The summed E-state index contributed by atoms with van der Waals surface area (Å²) in [5.74, 6) is -1.05. The lowest BCUT2D eigenvalue weighted by atomic mass is 10.3. The van der Waals surface area contributed by atoms with Crippen molar-refractivity contribution in [1.29, 1.82) is 0 Å². The molecule has 0 spiro atoms. The monoisotopic (exact) mass is 267 g/mol. The molecule has 1 atom stereocenters. The Kier molecular flexibility index (Phi) is 4.28. The second-order valence-electron chi connectivity index (χ2n) is 2.88. The number of aliphatic carboxylic acids is 1. The molecule has 90 valence electrons. The van der Waals surface area contributed by atoms with Gasteiger partial charge in [0.15, 0.2) is 5.37 Å². The van der Waals surface area contributed by atoms with Gasteiger partial charge < -0.3 is 14.9 Å². The summed E-state index contributed by atoms with van der Waals surface area (Å²) in [5.41, 5.74) is 0.520. The lowest BCUT2D eigenvalue weighted by Crippen LogP contribution is -2.10. The third-order valence-electron chi connectivity index (χ3n) is 1.63. The zero-order valence-corrected chi connectivity index (χ0v) is 9.94. The summed E-state index contributed by atoms with van der Waals surface area (Å²) in [6.07, 6.45) is 1.39. The maximum Gasteiger partial charge on any atom is 0.469 e. The van der Waals surface area contributed by atoms with Gasteiger partial charge in [0, 0.05) is 10.6 Å². The molecule has 1 heterocycles. The third-order valence-corrected chi connectivity index (χ3v) is 3.36. The highest BCUT2D eigenvalue weighted by Crippen LogP contribution is 2.36. The van der Waals surface area contributed by atoms with Crippen LogP contribution in [0.1, 0.15) is 6.92 Å². The Morgan fingerprint density at radius 1 is 1.69 bits per heavy atom. The van der Waals surface area contributed by atoms with Crippen LogP contribution in [0.4, 0.5) is 0 Å². The molecule has 0 aliphatic carbocycles. The highest BCUT2D eigenvalue weighted by molar-refractivity contribution is 8.05. The Labute approximate surface area is 95.5 Å². The summed E-state index contributed by atoms with van der Waals surface area (Å²) in [4.78, 5) is 31.9. The van der Waals surface area contributed by atoms with Crippen molar-refractivity contribution in [1.82, 2.24) is 0 Å². The lowest BCUT2D eigenvalue weighted by molar-refractivity contribution is -0.136. The largest absolute Gasteiger partial charge is 0.479 e. The van der Waals surface area contributed by atoms with E-state index in [4.69, 9.17) is 14.9 Å². The number of hydrogen-bond acceptors (Lipinski definition) is 5. The van der Waals surface area contributed by atoms with Gasteiger partial charge in [-0.25, -0.2) is 9.36 Å². The van der Waals surface area contributed by atoms with Crippen molar-refractivity contribution in [2.45, 2.75) is 12.3 Å². The molecule has 9 heteroatoms. The molecule has 0 radical (unpaired) electrons. The van der Waals surface area contributed by atoms with Crippen molar-refractivity contribution in [3.63, 3.8) is 0 Å². The minimum Gasteiger partial charge on any atom is -0.479 e. The van der Waals surface area contributed by atoms with Crippen LogP contribution in [0, 0.1) is 0 Å². The fourth-order valence-electron chi connectivity index (χ4n) is 0.983. The van der Waals surface area contributed by atoms with Crippen LogP contribution >= 0.6 is 19.6 Å². The van der Waals surface area contributed by atoms with Crippen LogP contribution in [0.2, 0.25) is 0 Å². The Bertz CT molecular complexity index is 400. The van der Waals surface area contributed by atoms with E-state index in [9.17, 15) is 9.36 Å². The van der Waals surface area contributed by atoms with Crippen LogP contribution in [0.3, 0.4) is 0 Å². The molecule has 0 unspecified atom stereocenters. The van der Waals surface area contributed by atoms with Gasteiger partial charge in [-0.15, -0.1) is 0 Å². The molecule has 0 saturated heterocycles. The van der Waals surface area contributed by atoms with Gasteiger partial charge in [0.1, 0.15) is 0 Å². The fraction of sp³-hybridized carbons (Fsp3) is 0.429. The summed E-state index contributed by atoms with van der Waals surface area (Å²) in [6.45, 7) is 1.34. The highest BCUT2D eigenvalue weighted by Gasteiger charge is 2.26. The summed E-state index contributed by atoms with van der Waals surface area (Å²) in [7, 11) is -4.49. The molecule has 0 fully saturated rings. The van der Waals surface area contributed by atoms with Gasteiger partial charge >= 0.3 is 13.8 Å². The fourth-order valence-corrected chi connectivity index (χ4v) is 2.19. The van der Waals surface area contributed by atoms with Crippen LogP contribution in [-0.4, -0.2) is 38.6 Å². The molecule has 7 nitrogen and oxygen atoms in total. The SMILES string of the molecule is CC1=N[C@@H](C(=O)O)S/C1=C\COP(=O)(O)O. The lowest BCUT2D eigenvalue weighted by Gasteiger charge is -2.02. The molecule has 1 aliphatic rings. The van der Waals surface area contributed by atoms with Gasteiger partial charge in [-0.2, -0.15) is 0 Å². The van der Waals surface area contributed by atoms with E-state index < -0.39 is 19.2 Å². The van der Waals surface area contributed by atoms with Crippen LogP contribution < -0.4 is 0 Å². The summed E-state index contributed by atoms with van der Waals surface area (Å²) in [6, 6.07) is 0. The molecule has 0 saturated carbocycles. The number of nitrogens with zero attached hydrogens (tertiary/aromatic N) is 1. The van der Waals surface area contributed by atoms with Crippen LogP contribution in [-0.2, 0) is 13.9 Å². The first-order chi connectivity index (χ1) is 7.29. The molecule has 3 N–H and O–H groups in total. The maximum absolute atomic E-state index is 10.6. The number of allylic oxidation sites excluding steroid dienone is 1. The van der Waals surface area contributed by atoms with Crippen molar-refractivity contribution in [2.75, 3.05) is 6.61 Å². The zero-order valence-electron chi connectivity index (χ0n) is 8.23. The van der Waals surface area contributed by atoms with Crippen molar-refractivity contribution in [3.05, 3.63) is 11.0 Å². The molecule has 16 heavy (non-hydrogen) atoms. The molecule has 1 rings (SSSR count). The molecular weight excluding hydrogens is 257 g/mol. The average molecular weight is 267 g/mol. The van der Waals surface area contributed by atoms with Crippen molar-refractivity contribution in [2.24, 2.45) is 4.99 Å². The number of carboxylic acids is 1. The summed E-state index contributed by atoms with van der Waals surface area (Å²) in [5, 5.41) is 7.80. The molecule has 0 aromatic rings. The van der Waals surface area contributed by atoms with Gasteiger partial charge in [0.05, 0.1) is 6.61 Å². The molecular formula is C7H10NO6PS. The molecule has 0 bridgehead atoms. The zero-order chi connectivity index (χ0) is 12.3. The smallest absolute Gasteiger partial charge is 0.469 e. The normalized spacial score (nSPS) is 23.6. The van der Waals surface area contributed by atoms with Crippen molar-refractivity contribution >= 4 is 31.3 Å². The van der Waals surface area contributed by atoms with Gasteiger partial charge in [-0.3, -0.25) is 9.52 Å². The van der Waals surface area contributed by atoms with E-state index in [1.165, 1.54) is 6.08 Å². The van der Waals surface area contributed by atoms with Gasteiger partial charge in [0.2, 0.25) is 0 Å². The Hall–Kier alpha value is -0.660. The van der Waals surface area contributed by atoms with E-state index in [0.29, 0.717) is 10.6 Å². The minimum absolute atomic E-state index is 0.286.